The summed E-state index contributed by atoms with van der Waals surface area (Å²) in [7, 11) is 0.496. The number of amides is 1. The number of rotatable bonds is 18. The normalized spacial score (nSPS) is 11.9. The summed E-state index contributed by atoms with van der Waals surface area (Å²) in [5.41, 5.74) is 5.55. The maximum Gasteiger partial charge on any atom is 0.338 e. The highest BCUT2D eigenvalue weighted by Gasteiger charge is 2.23. The molecule has 1 amide bonds. The fraction of sp³-hybridized carbons (Fsp3) is 0.483. The molecule has 1 unspecified atom stereocenters. The van der Waals surface area contributed by atoms with Crippen LogP contribution in [0, 0.1) is 5.92 Å². The number of primary amides is 1. The Balaban J connectivity index is 2.20. The van der Waals surface area contributed by atoms with Gasteiger partial charge in [0.05, 0.1) is 69.1 Å². The summed E-state index contributed by atoms with van der Waals surface area (Å²) in [5, 5.41) is -0.0819. The van der Waals surface area contributed by atoms with Crippen LogP contribution in [0.1, 0.15) is 64.2 Å². The molecule has 44 heavy (non-hydrogen) atoms. The predicted molar refractivity (Wildman–Crippen MR) is 161 cm³/mol. The van der Waals surface area contributed by atoms with E-state index in [4.69, 9.17) is 49.9 Å². The minimum absolute atomic E-state index is 0.00767. The van der Waals surface area contributed by atoms with Crippen LogP contribution >= 0.6 is 11.6 Å². The molecule has 0 aliphatic rings. The van der Waals surface area contributed by atoms with E-state index < -0.39 is 34.1 Å². The number of carbonyl (C=O) groups excluding carboxylic acids is 3. The van der Waals surface area contributed by atoms with Gasteiger partial charge in [-0.05, 0) is 43.0 Å². The van der Waals surface area contributed by atoms with Gasteiger partial charge in [0, 0.05) is 6.42 Å². The van der Waals surface area contributed by atoms with Crippen LogP contribution < -0.4 is 24.7 Å². The molecule has 0 saturated heterocycles. The van der Waals surface area contributed by atoms with Gasteiger partial charge in [-0.25, -0.2) is 9.59 Å². The van der Waals surface area contributed by atoms with Crippen LogP contribution in [0.25, 0.3) is 0 Å². The Labute approximate surface area is 261 Å². The lowest BCUT2D eigenvalue weighted by Gasteiger charge is -2.19. The first-order valence-corrected chi connectivity index (χ1v) is 15.7. The van der Waals surface area contributed by atoms with Crippen LogP contribution in [0.5, 0.6) is 23.0 Å². The lowest BCUT2D eigenvalue weighted by Crippen LogP contribution is -2.22. The zero-order chi connectivity index (χ0) is 33.0. The fourth-order valence-corrected chi connectivity index (χ4v) is 4.59. The van der Waals surface area contributed by atoms with E-state index in [2.05, 4.69) is 0 Å². The summed E-state index contributed by atoms with van der Waals surface area (Å²) in [6, 6.07) is 5.43. The monoisotopic (exact) mass is 659 g/mol. The summed E-state index contributed by atoms with van der Waals surface area (Å²) < 4.78 is 60.3. The van der Waals surface area contributed by atoms with E-state index in [1.807, 2.05) is 13.8 Å². The highest BCUT2D eigenvalue weighted by Crippen LogP contribution is 2.38. The maximum atomic E-state index is 13.1. The smallest absolute Gasteiger partial charge is 0.338 e. The van der Waals surface area contributed by atoms with Gasteiger partial charge in [-0.15, -0.1) is 0 Å². The van der Waals surface area contributed by atoms with Crippen LogP contribution in [0.4, 0.5) is 0 Å². The second-order valence-electron chi connectivity index (χ2n) is 9.93. The Morgan fingerprint density at radius 2 is 1.45 bits per heavy atom. The number of benzene rings is 2. The molecule has 2 rings (SSSR count). The Bertz CT molecular complexity index is 1400. The SMILES string of the molecule is COc1cc(C(=O)OC(CCCOc2cc(C(=O)OCC(C)C)cc(Cl)c2C(N)=O)CCOS(C)(=O)=O)cc(OC)c1OC. The number of methoxy groups -OCH3 is 3. The van der Waals surface area contributed by atoms with Crippen molar-refractivity contribution in [1.29, 1.82) is 0 Å². The summed E-state index contributed by atoms with van der Waals surface area (Å²) in [4.78, 5) is 37.6. The Hall–Kier alpha value is -3.75. The van der Waals surface area contributed by atoms with Gasteiger partial charge >= 0.3 is 11.9 Å². The number of halogens is 1. The van der Waals surface area contributed by atoms with Crippen molar-refractivity contribution in [1.82, 2.24) is 0 Å². The van der Waals surface area contributed by atoms with Gasteiger partial charge < -0.3 is 34.2 Å². The third-order valence-electron chi connectivity index (χ3n) is 5.92. The molecule has 0 radical (unpaired) electrons. The number of carbonyl (C=O) groups is 3. The zero-order valence-corrected chi connectivity index (χ0v) is 27.0. The van der Waals surface area contributed by atoms with Gasteiger partial charge in [0.1, 0.15) is 11.9 Å². The summed E-state index contributed by atoms with van der Waals surface area (Å²) in [5.74, 6) is -1.39. The molecule has 0 aliphatic heterocycles. The van der Waals surface area contributed by atoms with Crippen molar-refractivity contribution in [2.75, 3.05) is 47.4 Å². The van der Waals surface area contributed by atoms with Gasteiger partial charge in [-0.1, -0.05) is 25.4 Å². The number of hydrogen-bond acceptors (Lipinski definition) is 12. The van der Waals surface area contributed by atoms with E-state index in [1.165, 1.54) is 45.6 Å². The molecule has 15 heteroatoms. The lowest BCUT2D eigenvalue weighted by atomic mass is 10.1. The number of esters is 2. The molecule has 0 aromatic heterocycles. The van der Waals surface area contributed by atoms with Crippen molar-refractivity contribution in [2.45, 2.75) is 39.2 Å². The Morgan fingerprint density at radius 1 is 0.864 bits per heavy atom. The van der Waals surface area contributed by atoms with Crippen molar-refractivity contribution in [3.63, 3.8) is 0 Å². The van der Waals surface area contributed by atoms with E-state index >= 15 is 0 Å². The topological polar surface area (TPSA) is 176 Å². The van der Waals surface area contributed by atoms with Crippen molar-refractivity contribution in [2.24, 2.45) is 11.7 Å². The Morgan fingerprint density at radius 3 is 1.98 bits per heavy atom. The van der Waals surface area contributed by atoms with E-state index in [0.29, 0.717) is 0 Å². The molecule has 0 aliphatic carbocycles. The molecule has 244 valence electrons. The largest absolute Gasteiger partial charge is 0.493 e. The van der Waals surface area contributed by atoms with Crippen LogP contribution in [-0.2, 0) is 23.8 Å². The molecule has 2 aromatic rings. The molecule has 0 fully saturated rings. The molecule has 1 atom stereocenters. The van der Waals surface area contributed by atoms with Crippen LogP contribution in [0.2, 0.25) is 5.02 Å². The van der Waals surface area contributed by atoms with Crippen molar-refractivity contribution < 1.29 is 55.4 Å². The highest BCUT2D eigenvalue weighted by atomic mass is 35.5. The third kappa shape index (κ3) is 11.1. The zero-order valence-electron chi connectivity index (χ0n) is 25.5. The summed E-state index contributed by atoms with van der Waals surface area (Å²) in [6.07, 6.45) is 0.622. The van der Waals surface area contributed by atoms with Crippen LogP contribution in [0.15, 0.2) is 24.3 Å². The summed E-state index contributed by atoms with van der Waals surface area (Å²) in [6.45, 7) is 3.70. The van der Waals surface area contributed by atoms with Crippen LogP contribution in [0.3, 0.4) is 0 Å². The summed E-state index contributed by atoms with van der Waals surface area (Å²) >= 11 is 6.24. The maximum absolute atomic E-state index is 13.1. The molecule has 0 saturated carbocycles. The van der Waals surface area contributed by atoms with E-state index in [1.54, 1.807) is 0 Å². The van der Waals surface area contributed by atoms with Gasteiger partial charge in [0.15, 0.2) is 11.5 Å². The highest BCUT2D eigenvalue weighted by molar-refractivity contribution is 7.85. The Kier molecular flexibility index (Phi) is 14.0. The molecular formula is C29H38ClNO12S. The van der Waals surface area contributed by atoms with Crippen molar-refractivity contribution in [3.05, 3.63) is 46.0 Å². The molecule has 0 bridgehead atoms. The first-order valence-electron chi connectivity index (χ1n) is 13.5. The van der Waals surface area contributed by atoms with Crippen molar-refractivity contribution >= 4 is 39.6 Å². The molecule has 2 aromatic carbocycles. The van der Waals surface area contributed by atoms with E-state index in [0.717, 1.165) is 6.26 Å². The standard InChI is InChI=1S/C29H38ClNO12S/c1-17(2)16-41-28(33)18-12-21(30)25(27(31)32)22(13-18)40-10-7-8-20(9-11-42-44(6,35)36)43-29(34)19-14-23(37-3)26(39-5)24(15-19)38-4/h12-15,17,20H,7-11,16H2,1-6H3,(H2,31,32). The minimum Gasteiger partial charge on any atom is -0.493 e. The second kappa shape index (κ2) is 16.9. The number of nitrogens with two attached hydrogens (primary N) is 1. The first kappa shape index (κ1) is 36.4. The predicted octanol–water partition coefficient (Wildman–Crippen LogP) is 4.03. The number of ether oxygens (including phenoxy) is 6. The molecule has 2 N–H and O–H groups in total. The second-order valence-corrected chi connectivity index (χ2v) is 12.0. The third-order valence-corrected chi connectivity index (χ3v) is 6.82. The molecule has 0 spiro atoms. The first-order chi connectivity index (χ1) is 20.7. The van der Waals surface area contributed by atoms with E-state index in [-0.39, 0.29) is 89.7 Å². The fourth-order valence-electron chi connectivity index (χ4n) is 3.88. The van der Waals surface area contributed by atoms with Crippen LogP contribution in [-0.4, -0.2) is 79.8 Å². The average molecular weight is 660 g/mol. The quantitative estimate of drug-likeness (QED) is 0.138. The molecule has 0 heterocycles. The lowest BCUT2D eigenvalue weighted by molar-refractivity contribution is 0.0217. The average Bonchev–Trinajstić information content (AvgIpc) is 2.95. The van der Waals surface area contributed by atoms with Gasteiger partial charge in [-0.3, -0.25) is 8.98 Å². The van der Waals surface area contributed by atoms with Gasteiger partial charge in [0.25, 0.3) is 16.0 Å². The number of hydrogen-bond donors (Lipinski definition) is 1. The molecular weight excluding hydrogens is 622 g/mol. The minimum atomic E-state index is -3.73. The van der Waals surface area contributed by atoms with Gasteiger partial charge in [0.2, 0.25) is 5.75 Å². The van der Waals surface area contributed by atoms with Crippen molar-refractivity contribution in [3.8, 4) is 23.0 Å². The molecule has 13 nitrogen and oxygen atoms in total. The van der Waals surface area contributed by atoms with Gasteiger partial charge in [-0.2, -0.15) is 8.42 Å². The van der Waals surface area contributed by atoms with E-state index in [9.17, 15) is 22.8 Å².